The van der Waals surface area contributed by atoms with E-state index in [9.17, 15) is 0 Å². The van der Waals surface area contributed by atoms with Gasteiger partial charge in [0, 0.05) is 11.5 Å². The number of hydrogen-bond donors (Lipinski definition) is 1. The van der Waals surface area contributed by atoms with Crippen LogP contribution < -0.4 is 5.32 Å². The maximum Gasteiger partial charge on any atom is 0.147 e. The number of rotatable bonds is 2. The highest BCUT2D eigenvalue weighted by molar-refractivity contribution is 7.14. The van der Waals surface area contributed by atoms with Crippen LogP contribution in [0.25, 0.3) is 10.6 Å². The van der Waals surface area contributed by atoms with Crippen LogP contribution in [-0.4, -0.2) is 23.3 Å². The molecule has 1 aromatic carbocycles. The molecule has 1 aromatic heterocycles. The van der Waals surface area contributed by atoms with Crippen molar-refractivity contribution < 1.29 is 0 Å². The first-order chi connectivity index (χ1) is 8.43. The Morgan fingerprint density at radius 2 is 1.82 bits per heavy atom. The fraction of sp³-hybridized carbons (Fsp3) is 0.385. The van der Waals surface area contributed by atoms with Crippen LogP contribution in [0, 0.1) is 11.8 Å². The second kappa shape index (κ2) is 3.62. The number of piperidine rings is 1. The molecule has 1 saturated carbocycles. The van der Waals surface area contributed by atoms with Crippen molar-refractivity contribution in [1.29, 1.82) is 0 Å². The van der Waals surface area contributed by atoms with E-state index < -0.39 is 0 Å². The van der Waals surface area contributed by atoms with E-state index in [1.165, 1.54) is 10.6 Å². The van der Waals surface area contributed by atoms with Crippen LogP contribution >= 0.6 is 11.3 Å². The summed E-state index contributed by atoms with van der Waals surface area (Å²) in [5, 5.41) is 14.4. The number of benzene rings is 1. The van der Waals surface area contributed by atoms with Gasteiger partial charge in [-0.1, -0.05) is 41.7 Å². The minimum absolute atomic E-state index is 0.686. The fourth-order valence-corrected chi connectivity index (χ4v) is 3.95. The van der Waals surface area contributed by atoms with Gasteiger partial charge in [-0.25, -0.2) is 0 Å². The van der Waals surface area contributed by atoms with Crippen molar-refractivity contribution in [2.75, 3.05) is 13.1 Å². The highest BCUT2D eigenvalue weighted by atomic mass is 32.1. The van der Waals surface area contributed by atoms with Crippen molar-refractivity contribution in [3.05, 3.63) is 35.3 Å². The molecule has 2 aromatic rings. The van der Waals surface area contributed by atoms with Gasteiger partial charge in [0.1, 0.15) is 10.0 Å². The zero-order valence-electron chi connectivity index (χ0n) is 9.34. The molecule has 86 valence electrons. The maximum absolute atomic E-state index is 4.38. The Balaban J connectivity index is 1.62. The van der Waals surface area contributed by atoms with Crippen LogP contribution in [0.5, 0.6) is 0 Å². The van der Waals surface area contributed by atoms with Gasteiger partial charge in [-0.2, -0.15) is 0 Å². The SMILES string of the molecule is c1ccc(-c2nnc([C@@H]3[C@@H]4CNC[C@@H]43)s2)cc1. The number of nitrogens with zero attached hydrogens (tertiary/aromatic N) is 2. The molecule has 0 radical (unpaired) electrons. The molecule has 1 N–H and O–H groups in total. The smallest absolute Gasteiger partial charge is 0.147 e. The van der Waals surface area contributed by atoms with Crippen LogP contribution in [0.2, 0.25) is 0 Å². The average molecular weight is 243 g/mol. The summed E-state index contributed by atoms with van der Waals surface area (Å²) in [5.41, 5.74) is 1.18. The fourth-order valence-electron chi connectivity index (χ4n) is 2.85. The lowest BCUT2D eigenvalue weighted by molar-refractivity contribution is 0.678. The van der Waals surface area contributed by atoms with E-state index in [2.05, 4.69) is 27.6 Å². The summed E-state index contributed by atoms with van der Waals surface area (Å²) in [6, 6.07) is 10.3. The Hall–Kier alpha value is -1.26. The summed E-state index contributed by atoms with van der Waals surface area (Å²) in [7, 11) is 0. The quantitative estimate of drug-likeness (QED) is 0.878. The molecular weight excluding hydrogens is 230 g/mol. The van der Waals surface area contributed by atoms with Gasteiger partial charge in [0.05, 0.1) is 0 Å². The van der Waals surface area contributed by atoms with E-state index in [4.69, 9.17) is 0 Å². The molecule has 4 rings (SSSR count). The first-order valence-electron chi connectivity index (χ1n) is 6.03. The summed E-state index contributed by atoms with van der Waals surface area (Å²) in [6.45, 7) is 2.32. The third kappa shape index (κ3) is 1.51. The number of hydrogen-bond acceptors (Lipinski definition) is 4. The van der Waals surface area contributed by atoms with E-state index in [1.54, 1.807) is 11.3 Å². The van der Waals surface area contributed by atoms with E-state index in [0.717, 1.165) is 29.9 Å². The Kier molecular flexibility index (Phi) is 2.07. The molecule has 0 spiro atoms. The van der Waals surface area contributed by atoms with E-state index in [-0.39, 0.29) is 0 Å². The van der Waals surface area contributed by atoms with E-state index in [1.807, 2.05) is 18.2 Å². The van der Waals surface area contributed by atoms with Crippen LogP contribution in [0.1, 0.15) is 10.9 Å². The van der Waals surface area contributed by atoms with Crippen molar-refractivity contribution in [1.82, 2.24) is 15.5 Å². The highest BCUT2D eigenvalue weighted by Gasteiger charge is 2.55. The summed E-state index contributed by atoms with van der Waals surface area (Å²) < 4.78 is 0. The third-order valence-corrected chi connectivity index (χ3v) is 4.91. The van der Waals surface area contributed by atoms with Crippen molar-refractivity contribution in [2.24, 2.45) is 11.8 Å². The van der Waals surface area contributed by atoms with Gasteiger partial charge in [0.2, 0.25) is 0 Å². The molecule has 3 nitrogen and oxygen atoms in total. The van der Waals surface area contributed by atoms with Crippen LogP contribution in [0.4, 0.5) is 0 Å². The highest BCUT2D eigenvalue weighted by Crippen LogP contribution is 2.56. The molecule has 4 heteroatoms. The normalized spacial score (nSPS) is 30.2. The van der Waals surface area contributed by atoms with Gasteiger partial charge in [0.15, 0.2) is 0 Å². The van der Waals surface area contributed by atoms with Crippen LogP contribution in [0.3, 0.4) is 0 Å². The van der Waals surface area contributed by atoms with Gasteiger partial charge < -0.3 is 5.32 Å². The van der Waals surface area contributed by atoms with Gasteiger partial charge in [-0.3, -0.25) is 0 Å². The standard InChI is InChI=1S/C13H13N3S/c1-2-4-8(5-3-1)12-15-16-13(17-12)11-9-6-14-7-10(9)11/h1-5,9-11,14H,6-7H2/t9-,10+,11-. The lowest BCUT2D eigenvalue weighted by Crippen LogP contribution is -2.13. The van der Waals surface area contributed by atoms with E-state index in [0.29, 0.717) is 5.92 Å². The van der Waals surface area contributed by atoms with Crippen LogP contribution in [0.15, 0.2) is 30.3 Å². The molecule has 2 aliphatic rings. The molecule has 17 heavy (non-hydrogen) atoms. The van der Waals surface area contributed by atoms with Gasteiger partial charge in [-0.05, 0) is 24.9 Å². The largest absolute Gasteiger partial charge is 0.316 e. The predicted octanol–water partition coefficient (Wildman–Crippen LogP) is 2.14. The Morgan fingerprint density at radius 1 is 1.06 bits per heavy atom. The Labute approximate surface area is 104 Å². The molecule has 2 fully saturated rings. The summed E-state index contributed by atoms with van der Waals surface area (Å²) >= 11 is 1.76. The van der Waals surface area contributed by atoms with Crippen molar-refractivity contribution in [3.63, 3.8) is 0 Å². The zero-order chi connectivity index (χ0) is 11.2. The predicted molar refractivity (Wildman–Crippen MR) is 67.9 cm³/mol. The topological polar surface area (TPSA) is 37.8 Å². The first kappa shape index (κ1) is 9.74. The molecule has 0 bridgehead atoms. The van der Waals surface area contributed by atoms with E-state index >= 15 is 0 Å². The molecule has 0 amide bonds. The van der Waals surface area contributed by atoms with Crippen molar-refractivity contribution >= 4 is 11.3 Å². The minimum atomic E-state index is 0.686. The van der Waals surface area contributed by atoms with Crippen molar-refractivity contribution in [3.8, 4) is 10.6 Å². The third-order valence-electron chi connectivity index (χ3n) is 3.84. The Bertz CT molecular complexity index is 527. The van der Waals surface area contributed by atoms with Gasteiger partial charge in [-0.15, -0.1) is 10.2 Å². The second-order valence-corrected chi connectivity index (χ2v) is 5.83. The molecule has 3 atom stereocenters. The zero-order valence-corrected chi connectivity index (χ0v) is 10.2. The number of nitrogens with one attached hydrogen (secondary N) is 1. The summed E-state index contributed by atoms with van der Waals surface area (Å²) in [4.78, 5) is 0. The maximum atomic E-state index is 4.38. The first-order valence-corrected chi connectivity index (χ1v) is 6.84. The number of fused-ring (bicyclic) bond motifs is 1. The molecular formula is C13H13N3S. The van der Waals surface area contributed by atoms with Gasteiger partial charge >= 0.3 is 0 Å². The lowest BCUT2D eigenvalue weighted by Gasteiger charge is -1.98. The van der Waals surface area contributed by atoms with Crippen LogP contribution in [-0.2, 0) is 0 Å². The number of aromatic nitrogens is 2. The molecule has 0 unspecified atom stereocenters. The Morgan fingerprint density at radius 3 is 2.59 bits per heavy atom. The minimum Gasteiger partial charge on any atom is -0.316 e. The van der Waals surface area contributed by atoms with Crippen molar-refractivity contribution in [2.45, 2.75) is 5.92 Å². The van der Waals surface area contributed by atoms with Gasteiger partial charge in [0.25, 0.3) is 0 Å². The lowest BCUT2D eigenvalue weighted by atomic mass is 10.2. The summed E-state index contributed by atoms with van der Waals surface area (Å²) in [6.07, 6.45) is 0. The molecule has 1 saturated heterocycles. The molecule has 1 aliphatic carbocycles. The summed E-state index contributed by atoms with van der Waals surface area (Å²) in [5.74, 6) is 2.34. The average Bonchev–Trinajstić information content (AvgIpc) is 2.81. The second-order valence-electron chi connectivity index (χ2n) is 4.82. The monoisotopic (exact) mass is 243 g/mol. The molecule has 1 aliphatic heterocycles. The molecule has 2 heterocycles.